The van der Waals surface area contributed by atoms with E-state index < -0.39 is 23.6 Å². The van der Waals surface area contributed by atoms with Gasteiger partial charge in [0, 0.05) is 17.7 Å². The molecule has 148 valence electrons. The van der Waals surface area contributed by atoms with Crippen LogP contribution in [-0.4, -0.2) is 29.6 Å². The van der Waals surface area contributed by atoms with Gasteiger partial charge in [-0.2, -0.15) is 0 Å². The van der Waals surface area contributed by atoms with Gasteiger partial charge >= 0.3 is 6.09 Å². The van der Waals surface area contributed by atoms with Gasteiger partial charge in [-0.15, -0.1) is 0 Å². The molecule has 0 bridgehead atoms. The van der Waals surface area contributed by atoms with Crippen LogP contribution in [0.25, 0.3) is 0 Å². The molecule has 0 aliphatic heterocycles. The first kappa shape index (κ1) is 21.0. The predicted octanol–water partition coefficient (Wildman–Crippen LogP) is 2.86. The lowest BCUT2D eigenvalue weighted by Gasteiger charge is -2.22. The second-order valence-electron chi connectivity index (χ2n) is 7.32. The van der Waals surface area contributed by atoms with Crippen LogP contribution >= 0.6 is 0 Å². The second-order valence-corrected chi connectivity index (χ2v) is 7.32. The van der Waals surface area contributed by atoms with Crippen molar-refractivity contribution in [2.45, 2.75) is 38.8 Å². The van der Waals surface area contributed by atoms with E-state index in [1.807, 2.05) is 6.07 Å². The van der Waals surface area contributed by atoms with Crippen LogP contribution < -0.4 is 16.4 Å². The Morgan fingerprint density at radius 2 is 1.61 bits per heavy atom. The number of nitrogens with one attached hydrogen (secondary N) is 2. The van der Waals surface area contributed by atoms with Gasteiger partial charge in [0.1, 0.15) is 11.6 Å². The summed E-state index contributed by atoms with van der Waals surface area (Å²) in [5.41, 5.74) is 6.67. The lowest BCUT2D eigenvalue weighted by atomic mass is 10.0. The zero-order valence-corrected chi connectivity index (χ0v) is 16.2. The summed E-state index contributed by atoms with van der Waals surface area (Å²) in [6, 6.07) is 14.9. The summed E-state index contributed by atoms with van der Waals surface area (Å²) in [5, 5.41) is 5.28. The SMILES string of the molecule is CC(C)(C)OC(=O)N[C@@H](Cc1ccc(NC(=O)c2ccccc2)cc1)C(N)=O. The van der Waals surface area contributed by atoms with E-state index in [0.717, 1.165) is 5.56 Å². The van der Waals surface area contributed by atoms with Gasteiger partial charge in [-0.3, -0.25) is 9.59 Å². The van der Waals surface area contributed by atoms with Crippen LogP contribution in [0.4, 0.5) is 10.5 Å². The van der Waals surface area contributed by atoms with Crippen molar-refractivity contribution in [3.05, 3.63) is 65.7 Å². The van der Waals surface area contributed by atoms with Crippen LogP contribution in [-0.2, 0) is 16.0 Å². The van der Waals surface area contributed by atoms with Crippen LogP contribution in [0, 0.1) is 0 Å². The number of hydrogen-bond donors (Lipinski definition) is 3. The van der Waals surface area contributed by atoms with Crippen LogP contribution in [0.5, 0.6) is 0 Å². The molecular weight excluding hydrogens is 358 g/mol. The molecule has 1 atom stereocenters. The molecule has 0 radical (unpaired) electrons. The van der Waals surface area contributed by atoms with Gasteiger partial charge in [0.15, 0.2) is 0 Å². The minimum Gasteiger partial charge on any atom is -0.444 e. The quantitative estimate of drug-likeness (QED) is 0.712. The zero-order chi connectivity index (χ0) is 20.7. The van der Waals surface area contributed by atoms with Gasteiger partial charge in [0.2, 0.25) is 5.91 Å². The second kappa shape index (κ2) is 9.03. The van der Waals surface area contributed by atoms with Crippen molar-refractivity contribution in [1.29, 1.82) is 0 Å². The van der Waals surface area contributed by atoms with Crippen LogP contribution in [0.1, 0.15) is 36.7 Å². The number of hydrogen-bond acceptors (Lipinski definition) is 4. The average Bonchev–Trinajstić information content (AvgIpc) is 2.61. The van der Waals surface area contributed by atoms with E-state index in [4.69, 9.17) is 10.5 Å². The highest BCUT2D eigenvalue weighted by atomic mass is 16.6. The summed E-state index contributed by atoms with van der Waals surface area (Å²) < 4.78 is 5.16. The number of nitrogens with two attached hydrogens (primary N) is 1. The molecule has 0 fully saturated rings. The fourth-order valence-electron chi connectivity index (χ4n) is 2.43. The Labute approximate surface area is 164 Å². The third-order valence-electron chi connectivity index (χ3n) is 3.72. The van der Waals surface area contributed by atoms with Crippen LogP contribution in [0.3, 0.4) is 0 Å². The van der Waals surface area contributed by atoms with E-state index in [1.165, 1.54) is 0 Å². The number of amides is 3. The molecule has 2 aromatic rings. The van der Waals surface area contributed by atoms with Gasteiger partial charge in [0.05, 0.1) is 0 Å². The number of carbonyl (C=O) groups excluding carboxylic acids is 3. The summed E-state index contributed by atoms with van der Waals surface area (Å²) in [4.78, 5) is 35.7. The number of ether oxygens (including phenoxy) is 1. The molecule has 28 heavy (non-hydrogen) atoms. The molecule has 0 aliphatic carbocycles. The van der Waals surface area contributed by atoms with E-state index >= 15 is 0 Å². The summed E-state index contributed by atoms with van der Waals surface area (Å²) in [5.74, 6) is -0.873. The van der Waals surface area contributed by atoms with Crippen LogP contribution in [0.2, 0.25) is 0 Å². The fraction of sp³-hybridized carbons (Fsp3) is 0.286. The number of benzene rings is 2. The molecule has 3 amide bonds. The Morgan fingerprint density at radius 1 is 1.00 bits per heavy atom. The van der Waals surface area contributed by atoms with Crippen molar-refractivity contribution in [3.63, 3.8) is 0 Å². The predicted molar refractivity (Wildman–Crippen MR) is 107 cm³/mol. The third-order valence-corrected chi connectivity index (χ3v) is 3.72. The molecule has 0 unspecified atom stereocenters. The lowest BCUT2D eigenvalue weighted by Crippen LogP contribution is -2.47. The Morgan fingerprint density at radius 3 is 2.14 bits per heavy atom. The molecule has 0 aliphatic rings. The summed E-state index contributed by atoms with van der Waals surface area (Å²) in [6.45, 7) is 5.19. The Bertz CT molecular complexity index is 827. The van der Waals surface area contributed by atoms with Gasteiger partial charge < -0.3 is 21.1 Å². The van der Waals surface area contributed by atoms with E-state index in [9.17, 15) is 14.4 Å². The van der Waals surface area contributed by atoms with Crippen molar-refractivity contribution < 1.29 is 19.1 Å². The van der Waals surface area contributed by atoms with E-state index in [1.54, 1.807) is 69.3 Å². The highest BCUT2D eigenvalue weighted by Gasteiger charge is 2.23. The van der Waals surface area contributed by atoms with Gasteiger partial charge in [-0.25, -0.2) is 4.79 Å². The van der Waals surface area contributed by atoms with Crippen molar-refractivity contribution >= 4 is 23.6 Å². The largest absolute Gasteiger partial charge is 0.444 e. The number of carbonyl (C=O) groups is 3. The van der Waals surface area contributed by atoms with Crippen molar-refractivity contribution in [1.82, 2.24) is 5.32 Å². The minimum absolute atomic E-state index is 0.210. The summed E-state index contributed by atoms with van der Waals surface area (Å²) >= 11 is 0. The number of primary amides is 1. The molecule has 4 N–H and O–H groups in total. The third kappa shape index (κ3) is 6.75. The van der Waals surface area contributed by atoms with Crippen molar-refractivity contribution in [3.8, 4) is 0 Å². The molecular formula is C21H25N3O4. The zero-order valence-electron chi connectivity index (χ0n) is 16.2. The molecule has 0 heterocycles. The topological polar surface area (TPSA) is 111 Å². The first-order valence-corrected chi connectivity index (χ1v) is 8.88. The van der Waals surface area contributed by atoms with Crippen molar-refractivity contribution in [2.75, 3.05) is 5.32 Å². The van der Waals surface area contributed by atoms with Gasteiger partial charge in [-0.05, 0) is 50.6 Å². The highest BCUT2D eigenvalue weighted by Crippen LogP contribution is 2.13. The monoisotopic (exact) mass is 383 g/mol. The number of alkyl carbamates (subject to hydrolysis) is 1. The molecule has 0 aromatic heterocycles. The van der Waals surface area contributed by atoms with E-state index in [-0.39, 0.29) is 12.3 Å². The van der Waals surface area contributed by atoms with Crippen molar-refractivity contribution in [2.24, 2.45) is 5.73 Å². The first-order chi connectivity index (χ1) is 13.1. The smallest absolute Gasteiger partial charge is 0.408 e. The summed E-state index contributed by atoms with van der Waals surface area (Å²) in [7, 11) is 0. The maximum absolute atomic E-state index is 12.2. The van der Waals surface area contributed by atoms with Crippen LogP contribution in [0.15, 0.2) is 54.6 Å². The molecule has 0 saturated heterocycles. The molecule has 0 spiro atoms. The average molecular weight is 383 g/mol. The fourth-order valence-corrected chi connectivity index (χ4v) is 2.43. The molecule has 7 heteroatoms. The number of rotatable bonds is 6. The highest BCUT2D eigenvalue weighted by molar-refractivity contribution is 6.04. The maximum atomic E-state index is 12.2. The Balaban J connectivity index is 1.98. The first-order valence-electron chi connectivity index (χ1n) is 8.88. The Kier molecular flexibility index (Phi) is 6.76. The van der Waals surface area contributed by atoms with E-state index in [2.05, 4.69) is 10.6 Å². The molecule has 0 saturated carbocycles. The standard InChI is InChI=1S/C21H25N3O4/c1-21(2,3)28-20(27)24-17(18(22)25)13-14-9-11-16(12-10-14)23-19(26)15-7-5-4-6-8-15/h4-12,17H,13H2,1-3H3,(H2,22,25)(H,23,26)(H,24,27)/t17-/m0/s1. The minimum atomic E-state index is -0.903. The Hall–Kier alpha value is -3.35. The van der Waals surface area contributed by atoms with Gasteiger partial charge in [0.25, 0.3) is 5.91 Å². The number of anilines is 1. The summed E-state index contributed by atoms with van der Waals surface area (Å²) in [6.07, 6.45) is -0.496. The van der Waals surface area contributed by atoms with E-state index in [0.29, 0.717) is 11.3 Å². The normalized spacial score (nSPS) is 12.0. The molecule has 7 nitrogen and oxygen atoms in total. The lowest BCUT2D eigenvalue weighted by molar-refractivity contribution is -0.120. The molecule has 2 rings (SSSR count). The molecule has 2 aromatic carbocycles. The van der Waals surface area contributed by atoms with Gasteiger partial charge in [-0.1, -0.05) is 30.3 Å². The maximum Gasteiger partial charge on any atom is 0.408 e.